The highest BCUT2D eigenvalue weighted by atomic mass is 32.2. The molecule has 1 aliphatic heterocycles. The number of rotatable bonds is 7. The summed E-state index contributed by atoms with van der Waals surface area (Å²) in [5.74, 6) is -0.953. The van der Waals surface area contributed by atoms with E-state index in [9.17, 15) is 17.6 Å². The Kier molecular flexibility index (Phi) is 6.87. The molecule has 1 heterocycles. The summed E-state index contributed by atoms with van der Waals surface area (Å²) in [6.07, 6.45) is 2.43. The van der Waals surface area contributed by atoms with E-state index in [1.165, 1.54) is 10.4 Å². The maximum atomic E-state index is 14.2. The minimum atomic E-state index is -3.99. The van der Waals surface area contributed by atoms with Crippen molar-refractivity contribution >= 4 is 16.0 Å². The summed E-state index contributed by atoms with van der Waals surface area (Å²) >= 11 is 0. The van der Waals surface area contributed by atoms with Gasteiger partial charge in [-0.1, -0.05) is 24.1 Å². The smallest absolute Gasteiger partial charge is 0.338 e. The highest BCUT2D eigenvalue weighted by Crippen LogP contribution is 2.24. The molecule has 3 rings (SSSR count). The molecule has 0 aromatic heterocycles. The lowest BCUT2D eigenvalue weighted by Crippen LogP contribution is -2.36. The van der Waals surface area contributed by atoms with Gasteiger partial charge in [-0.25, -0.2) is 17.6 Å². The van der Waals surface area contributed by atoms with Crippen LogP contribution in [0.15, 0.2) is 47.4 Å². The van der Waals surface area contributed by atoms with E-state index in [1.54, 1.807) is 0 Å². The fraction of sp³-hybridized carbons (Fsp3) is 0.381. The fourth-order valence-corrected chi connectivity index (χ4v) is 4.69. The summed E-state index contributed by atoms with van der Waals surface area (Å²) < 4.78 is 51.6. The first-order chi connectivity index (χ1) is 13.9. The van der Waals surface area contributed by atoms with Crippen LogP contribution in [0.25, 0.3) is 0 Å². The summed E-state index contributed by atoms with van der Waals surface area (Å²) in [4.78, 5) is 11.8. The molecule has 29 heavy (non-hydrogen) atoms. The zero-order valence-electron chi connectivity index (χ0n) is 16.3. The van der Waals surface area contributed by atoms with E-state index in [4.69, 9.17) is 9.47 Å². The van der Waals surface area contributed by atoms with E-state index in [0.29, 0.717) is 18.8 Å². The first kappa shape index (κ1) is 21.3. The number of esters is 1. The van der Waals surface area contributed by atoms with Crippen molar-refractivity contribution in [1.82, 2.24) is 4.31 Å². The van der Waals surface area contributed by atoms with Gasteiger partial charge in [-0.3, -0.25) is 0 Å². The van der Waals surface area contributed by atoms with Crippen LogP contribution >= 0.6 is 0 Å². The molecule has 8 heteroatoms. The van der Waals surface area contributed by atoms with E-state index < -0.39 is 26.7 Å². The molecule has 2 aromatic carbocycles. The lowest BCUT2D eigenvalue weighted by atomic mass is 10.2. The van der Waals surface area contributed by atoms with Crippen LogP contribution < -0.4 is 4.74 Å². The van der Waals surface area contributed by atoms with Gasteiger partial charge in [0.15, 0.2) is 0 Å². The van der Waals surface area contributed by atoms with Crippen molar-refractivity contribution in [3.05, 3.63) is 59.4 Å². The van der Waals surface area contributed by atoms with E-state index in [0.717, 1.165) is 37.0 Å². The Balaban J connectivity index is 1.62. The lowest BCUT2D eigenvalue weighted by Gasteiger charge is -2.26. The average Bonchev–Trinajstić information content (AvgIpc) is 2.73. The lowest BCUT2D eigenvalue weighted by molar-refractivity contribution is 0.0450. The predicted molar refractivity (Wildman–Crippen MR) is 106 cm³/mol. The van der Waals surface area contributed by atoms with Gasteiger partial charge in [-0.05, 0) is 50.1 Å². The predicted octanol–water partition coefficient (Wildman–Crippen LogP) is 3.54. The summed E-state index contributed by atoms with van der Waals surface area (Å²) in [5.41, 5.74) is 1.09. The maximum Gasteiger partial charge on any atom is 0.338 e. The van der Waals surface area contributed by atoms with Crippen LogP contribution in [0.3, 0.4) is 0 Å². The number of carbonyl (C=O) groups excluding carboxylic acids is 1. The van der Waals surface area contributed by atoms with Crippen molar-refractivity contribution in [3.63, 3.8) is 0 Å². The van der Waals surface area contributed by atoms with E-state index in [-0.39, 0.29) is 18.8 Å². The monoisotopic (exact) mass is 421 g/mol. The second-order valence-electron chi connectivity index (χ2n) is 6.91. The standard InChI is InChI=1S/C21H24FNO5S/c1-16-5-8-18(9-6-16)27-13-14-28-21(24)17-7-10-19(22)20(15-17)29(25,26)23-11-3-2-4-12-23/h5-10,15H,2-4,11-14H2,1H3. The van der Waals surface area contributed by atoms with Crippen LogP contribution in [0.1, 0.15) is 35.2 Å². The summed E-state index contributed by atoms with van der Waals surface area (Å²) in [5, 5.41) is 0. The Morgan fingerprint density at radius 1 is 1.03 bits per heavy atom. The molecule has 0 amide bonds. The third-order valence-corrected chi connectivity index (χ3v) is 6.62. The van der Waals surface area contributed by atoms with Gasteiger partial charge in [0.1, 0.15) is 29.7 Å². The van der Waals surface area contributed by atoms with Gasteiger partial charge < -0.3 is 9.47 Å². The Morgan fingerprint density at radius 2 is 1.72 bits per heavy atom. The Hall–Kier alpha value is -2.45. The summed E-state index contributed by atoms with van der Waals surface area (Å²) in [6.45, 7) is 2.81. The molecular formula is C21H24FNO5S. The molecule has 0 atom stereocenters. The Bertz CT molecular complexity index is 954. The van der Waals surface area contributed by atoms with Crippen molar-refractivity contribution in [2.75, 3.05) is 26.3 Å². The number of aryl methyl sites for hydroxylation is 1. The molecule has 0 unspecified atom stereocenters. The molecule has 2 aromatic rings. The zero-order chi connectivity index (χ0) is 20.9. The molecule has 0 saturated carbocycles. The van der Waals surface area contributed by atoms with Crippen LogP contribution in [-0.2, 0) is 14.8 Å². The molecule has 1 saturated heterocycles. The van der Waals surface area contributed by atoms with Crippen molar-refractivity contribution in [3.8, 4) is 5.75 Å². The molecule has 0 N–H and O–H groups in total. The quantitative estimate of drug-likeness (QED) is 0.505. The second-order valence-corrected chi connectivity index (χ2v) is 8.81. The zero-order valence-corrected chi connectivity index (χ0v) is 17.1. The minimum Gasteiger partial charge on any atom is -0.490 e. The number of ether oxygens (including phenoxy) is 2. The van der Waals surface area contributed by atoms with Gasteiger partial charge in [-0.15, -0.1) is 0 Å². The van der Waals surface area contributed by atoms with Gasteiger partial charge in [0, 0.05) is 13.1 Å². The van der Waals surface area contributed by atoms with Crippen LogP contribution in [0, 0.1) is 12.7 Å². The van der Waals surface area contributed by atoms with Crippen molar-refractivity contribution in [2.24, 2.45) is 0 Å². The Labute approximate surface area is 170 Å². The molecular weight excluding hydrogens is 397 g/mol. The topological polar surface area (TPSA) is 72.9 Å². The van der Waals surface area contributed by atoms with Gasteiger partial charge in [0.05, 0.1) is 5.56 Å². The first-order valence-electron chi connectivity index (χ1n) is 9.54. The molecule has 0 radical (unpaired) electrons. The molecule has 0 bridgehead atoms. The number of sulfonamides is 1. The molecule has 0 aliphatic carbocycles. The number of hydrogen-bond donors (Lipinski definition) is 0. The Morgan fingerprint density at radius 3 is 2.41 bits per heavy atom. The largest absolute Gasteiger partial charge is 0.490 e. The highest BCUT2D eigenvalue weighted by molar-refractivity contribution is 7.89. The van der Waals surface area contributed by atoms with Crippen LogP contribution in [0.4, 0.5) is 4.39 Å². The summed E-state index contributed by atoms with van der Waals surface area (Å²) in [6, 6.07) is 10.7. The van der Waals surface area contributed by atoms with Gasteiger partial charge >= 0.3 is 5.97 Å². The number of piperidine rings is 1. The molecule has 1 aliphatic rings. The minimum absolute atomic E-state index is 0.0156. The van der Waals surface area contributed by atoms with Crippen molar-refractivity contribution in [1.29, 1.82) is 0 Å². The average molecular weight is 421 g/mol. The number of benzene rings is 2. The number of halogens is 1. The van der Waals surface area contributed by atoms with Crippen LogP contribution in [0.2, 0.25) is 0 Å². The maximum absolute atomic E-state index is 14.2. The van der Waals surface area contributed by atoms with E-state index >= 15 is 0 Å². The third kappa shape index (κ3) is 5.33. The van der Waals surface area contributed by atoms with Crippen molar-refractivity contribution < 1.29 is 27.1 Å². The number of nitrogens with zero attached hydrogens (tertiary/aromatic N) is 1. The van der Waals surface area contributed by atoms with Gasteiger partial charge in [0.25, 0.3) is 0 Å². The molecule has 1 fully saturated rings. The van der Waals surface area contributed by atoms with Gasteiger partial charge in [-0.2, -0.15) is 4.31 Å². The first-order valence-corrected chi connectivity index (χ1v) is 11.0. The molecule has 6 nitrogen and oxygen atoms in total. The number of carbonyl (C=O) groups is 1. The molecule has 156 valence electrons. The summed E-state index contributed by atoms with van der Waals surface area (Å²) in [7, 11) is -3.99. The highest BCUT2D eigenvalue weighted by Gasteiger charge is 2.29. The van der Waals surface area contributed by atoms with Crippen molar-refractivity contribution in [2.45, 2.75) is 31.1 Å². The SMILES string of the molecule is Cc1ccc(OCCOC(=O)c2ccc(F)c(S(=O)(=O)N3CCCCC3)c2)cc1. The van der Waals surface area contributed by atoms with Crippen LogP contribution in [-0.4, -0.2) is 45.0 Å². The van der Waals surface area contributed by atoms with Gasteiger partial charge in [0.2, 0.25) is 10.0 Å². The van der Waals surface area contributed by atoms with E-state index in [1.807, 2.05) is 31.2 Å². The second kappa shape index (κ2) is 9.37. The molecule has 0 spiro atoms. The van der Waals surface area contributed by atoms with Crippen LogP contribution in [0.5, 0.6) is 5.75 Å². The van der Waals surface area contributed by atoms with E-state index in [2.05, 4.69) is 0 Å². The number of hydrogen-bond acceptors (Lipinski definition) is 5. The normalized spacial score (nSPS) is 15.1. The fourth-order valence-electron chi connectivity index (χ4n) is 3.08. The third-order valence-electron chi connectivity index (χ3n) is 4.71.